The first kappa shape index (κ1) is 19.7. The third kappa shape index (κ3) is 3.95. The second-order valence-corrected chi connectivity index (χ2v) is 6.88. The SMILES string of the molecule is CC1CNCCN1S(=O)(=O)c1ccc(C#N)c(C(F)(F)F)c1.Cl. The summed E-state index contributed by atoms with van der Waals surface area (Å²) in [7, 11) is -4.04. The van der Waals surface area contributed by atoms with Crippen LogP contribution in [0, 0.1) is 11.3 Å². The summed E-state index contributed by atoms with van der Waals surface area (Å²) in [6.45, 7) is 2.73. The predicted octanol–water partition coefficient (Wildman–Crippen LogP) is 1.98. The second-order valence-electron chi connectivity index (χ2n) is 4.99. The molecule has 1 atom stereocenters. The Bertz CT molecular complexity index is 716. The molecule has 23 heavy (non-hydrogen) atoms. The van der Waals surface area contributed by atoms with Gasteiger partial charge in [0, 0.05) is 25.7 Å². The molecule has 1 saturated heterocycles. The molecule has 1 aromatic rings. The molecule has 1 heterocycles. The molecule has 0 amide bonds. The van der Waals surface area contributed by atoms with Gasteiger partial charge in [-0.15, -0.1) is 12.4 Å². The first-order valence-corrected chi connectivity index (χ1v) is 7.96. The number of alkyl halides is 3. The second kappa shape index (κ2) is 7.05. The topological polar surface area (TPSA) is 73.2 Å². The number of nitriles is 1. The minimum atomic E-state index is -4.79. The molecule has 0 aromatic heterocycles. The number of piperazine rings is 1. The molecule has 5 nitrogen and oxygen atoms in total. The number of nitrogens with zero attached hydrogens (tertiary/aromatic N) is 2. The molecule has 1 fully saturated rings. The Kier molecular flexibility index (Phi) is 6.04. The highest BCUT2D eigenvalue weighted by molar-refractivity contribution is 7.89. The summed E-state index contributed by atoms with van der Waals surface area (Å²) in [5, 5.41) is 11.8. The molecule has 0 radical (unpaired) electrons. The fourth-order valence-electron chi connectivity index (χ4n) is 2.33. The highest BCUT2D eigenvalue weighted by Gasteiger charge is 2.37. The smallest absolute Gasteiger partial charge is 0.314 e. The number of nitrogens with one attached hydrogen (secondary N) is 1. The van der Waals surface area contributed by atoms with Gasteiger partial charge in [-0.3, -0.25) is 0 Å². The highest BCUT2D eigenvalue weighted by Crippen LogP contribution is 2.34. The van der Waals surface area contributed by atoms with E-state index in [1.54, 1.807) is 6.92 Å². The van der Waals surface area contributed by atoms with Crippen LogP contribution in [-0.2, 0) is 16.2 Å². The number of rotatable bonds is 2. The molecular formula is C13H15ClF3N3O2S. The Hall–Kier alpha value is -1.34. The van der Waals surface area contributed by atoms with Crippen molar-refractivity contribution in [2.45, 2.75) is 24.0 Å². The number of sulfonamides is 1. The predicted molar refractivity (Wildman–Crippen MR) is 79.6 cm³/mol. The molecule has 1 aromatic carbocycles. The van der Waals surface area contributed by atoms with Gasteiger partial charge < -0.3 is 5.32 Å². The Morgan fingerprint density at radius 2 is 2.04 bits per heavy atom. The van der Waals surface area contributed by atoms with Crippen LogP contribution in [0.5, 0.6) is 0 Å². The molecule has 0 saturated carbocycles. The summed E-state index contributed by atoms with van der Waals surface area (Å²) < 4.78 is 65.1. The van der Waals surface area contributed by atoms with Gasteiger partial charge in [-0.2, -0.15) is 22.7 Å². The van der Waals surface area contributed by atoms with Crippen molar-refractivity contribution in [2.24, 2.45) is 0 Å². The van der Waals surface area contributed by atoms with E-state index in [0.29, 0.717) is 19.2 Å². The van der Waals surface area contributed by atoms with Crippen LogP contribution in [0.2, 0.25) is 0 Å². The summed E-state index contributed by atoms with van der Waals surface area (Å²) in [5.41, 5.74) is -1.83. The van der Waals surface area contributed by atoms with E-state index in [4.69, 9.17) is 5.26 Å². The van der Waals surface area contributed by atoms with E-state index in [0.717, 1.165) is 12.1 Å². The molecule has 1 unspecified atom stereocenters. The lowest BCUT2D eigenvalue weighted by atomic mass is 10.1. The molecule has 128 valence electrons. The minimum absolute atomic E-state index is 0. The van der Waals surface area contributed by atoms with Gasteiger partial charge in [0.15, 0.2) is 0 Å². The quantitative estimate of drug-likeness (QED) is 0.865. The lowest BCUT2D eigenvalue weighted by molar-refractivity contribution is -0.137. The molecule has 0 spiro atoms. The third-order valence-corrected chi connectivity index (χ3v) is 5.47. The lowest BCUT2D eigenvalue weighted by Gasteiger charge is -2.33. The van der Waals surface area contributed by atoms with Crippen molar-refractivity contribution in [1.82, 2.24) is 9.62 Å². The van der Waals surface area contributed by atoms with Crippen LogP contribution in [-0.4, -0.2) is 38.4 Å². The lowest BCUT2D eigenvalue weighted by Crippen LogP contribution is -2.52. The fraction of sp³-hybridized carbons (Fsp3) is 0.462. The van der Waals surface area contributed by atoms with E-state index >= 15 is 0 Å². The van der Waals surface area contributed by atoms with Gasteiger partial charge in [0.25, 0.3) is 0 Å². The van der Waals surface area contributed by atoms with Gasteiger partial charge in [0.1, 0.15) is 0 Å². The van der Waals surface area contributed by atoms with Gasteiger partial charge >= 0.3 is 6.18 Å². The maximum absolute atomic E-state index is 13.0. The van der Waals surface area contributed by atoms with Crippen molar-refractivity contribution in [3.8, 4) is 6.07 Å². The minimum Gasteiger partial charge on any atom is -0.314 e. The number of hydrogen-bond donors (Lipinski definition) is 1. The number of hydrogen-bond acceptors (Lipinski definition) is 4. The van der Waals surface area contributed by atoms with Crippen LogP contribution >= 0.6 is 12.4 Å². The molecule has 1 aliphatic rings. The zero-order valence-corrected chi connectivity index (χ0v) is 13.7. The van der Waals surface area contributed by atoms with Crippen molar-refractivity contribution in [3.05, 3.63) is 29.3 Å². The van der Waals surface area contributed by atoms with E-state index < -0.39 is 32.2 Å². The van der Waals surface area contributed by atoms with E-state index in [-0.39, 0.29) is 25.0 Å². The summed E-state index contributed by atoms with van der Waals surface area (Å²) in [5.74, 6) is 0. The summed E-state index contributed by atoms with van der Waals surface area (Å²) >= 11 is 0. The van der Waals surface area contributed by atoms with Crippen molar-refractivity contribution in [2.75, 3.05) is 19.6 Å². The monoisotopic (exact) mass is 369 g/mol. The van der Waals surface area contributed by atoms with Crippen LogP contribution in [0.25, 0.3) is 0 Å². The van der Waals surface area contributed by atoms with E-state index in [1.807, 2.05) is 0 Å². The van der Waals surface area contributed by atoms with Gasteiger partial charge in [-0.05, 0) is 25.1 Å². The van der Waals surface area contributed by atoms with Crippen LogP contribution in [0.4, 0.5) is 13.2 Å². The van der Waals surface area contributed by atoms with Gasteiger partial charge in [0.2, 0.25) is 10.0 Å². The average Bonchev–Trinajstić information content (AvgIpc) is 2.46. The zero-order chi connectivity index (χ0) is 16.5. The molecule has 10 heteroatoms. The zero-order valence-electron chi connectivity index (χ0n) is 12.1. The molecule has 1 N–H and O–H groups in total. The van der Waals surface area contributed by atoms with Gasteiger partial charge in [-0.25, -0.2) is 8.42 Å². The third-order valence-electron chi connectivity index (χ3n) is 3.46. The highest BCUT2D eigenvalue weighted by atomic mass is 35.5. The van der Waals surface area contributed by atoms with Crippen molar-refractivity contribution in [1.29, 1.82) is 5.26 Å². The normalized spacial score (nSPS) is 19.7. The molecule has 0 bridgehead atoms. The van der Waals surface area contributed by atoms with Crippen LogP contribution in [0.1, 0.15) is 18.1 Å². The van der Waals surface area contributed by atoms with Crippen LogP contribution in [0.3, 0.4) is 0 Å². The average molecular weight is 370 g/mol. The van der Waals surface area contributed by atoms with Crippen LogP contribution in [0.15, 0.2) is 23.1 Å². The summed E-state index contributed by atoms with van der Waals surface area (Å²) in [6.07, 6.45) is -4.79. The van der Waals surface area contributed by atoms with E-state index in [2.05, 4.69) is 5.32 Å². The maximum atomic E-state index is 13.0. The Labute approximate surface area is 138 Å². The molecule has 1 aliphatic heterocycles. The summed E-state index contributed by atoms with van der Waals surface area (Å²) in [4.78, 5) is -0.451. The van der Waals surface area contributed by atoms with Crippen LogP contribution < -0.4 is 5.32 Å². The molecular weight excluding hydrogens is 355 g/mol. The molecule has 2 rings (SSSR count). The first-order valence-electron chi connectivity index (χ1n) is 6.52. The largest absolute Gasteiger partial charge is 0.417 e. The van der Waals surface area contributed by atoms with Gasteiger partial charge in [0.05, 0.1) is 22.1 Å². The first-order chi connectivity index (χ1) is 10.2. The van der Waals surface area contributed by atoms with Crippen molar-refractivity contribution in [3.63, 3.8) is 0 Å². The maximum Gasteiger partial charge on any atom is 0.417 e. The summed E-state index contributed by atoms with van der Waals surface area (Å²) in [6, 6.07) is 3.53. The number of halogens is 4. The Balaban J connectivity index is 0.00000264. The van der Waals surface area contributed by atoms with Crippen molar-refractivity contribution >= 4 is 22.4 Å². The molecule has 0 aliphatic carbocycles. The van der Waals surface area contributed by atoms with E-state index in [1.165, 1.54) is 10.4 Å². The fourth-order valence-corrected chi connectivity index (χ4v) is 3.99. The Morgan fingerprint density at radius 1 is 1.39 bits per heavy atom. The van der Waals surface area contributed by atoms with Crippen molar-refractivity contribution < 1.29 is 21.6 Å². The standard InChI is InChI=1S/C13H14F3N3O2S.ClH/c1-9-8-18-4-5-19(9)22(20,21)11-3-2-10(7-17)12(6-11)13(14,15)16;/h2-3,6,9,18H,4-5,8H2,1H3;1H. The van der Waals surface area contributed by atoms with E-state index in [9.17, 15) is 21.6 Å². The van der Waals surface area contributed by atoms with Gasteiger partial charge in [-0.1, -0.05) is 0 Å². The number of benzene rings is 1. The Morgan fingerprint density at radius 3 is 2.57 bits per heavy atom.